The Bertz CT molecular complexity index is 402. The van der Waals surface area contributed by atoms with E-state index in [1.54, 1.807) is 7.05 Å². The van der Waals surface area contributed by atoms with E-state index < -0.39 is 11.6 Å². The van der Waals surface area contributed by atoms with Crippen molar-refractivity contribution in [2.75, 3.05) is 13.6 Å². The SMILES string of the molecule is CNC(C)CNC(=O)Cc1ccc(F)c(F)c1.Cl. The fourth-order valence-corrected chi connectivity index (χ4v) is 1.27. The number of hydrogen-bond acceptors (Lipinski definition) is 2. The summed E-state index contributed by atoms with van der Waals surface area (Å²) < 4.78 is 25.5. The van der Waals surface area contributed by atoms with Gasteiger partial charge < -0.3 is 10.6 Å². The lowest BCUT2D eigenvalue weighted by Gasteiger charge is -2.11. The van der Waals surface area contributed by atoms with Crippen molar-refractivity contribution < 1.29 is 13.6 Å². The molecule has 1 aromatic carbocycles. The van der Waals surface area contributed by atoms with E-state index in [0.717, 1.165) is 12.1 Å². The number of carbonyl (C=O) groups excluding carboxylic acids is 1. The molecule has 0 fully saturated rings. The monoisotopic (exact) mass is 278 g/mol. The van der Waals surface area contributed by atoms with Gasteiger partial charge in [0.1, 0.15) is 0 Å². The number of hydrogen-bond donors (Lipinski definition) is 2. The second-order valence-electron chi connectivity index (χ2n) is 3.92. The number of amides is 1. The molecule has 102 valence electrons. The summed E-state index contributed by atoms with van der Waals surface area (Å²) in [6.45, 7) is 2.43. The molecule has 0 saturated carbocycles. The van der Waals surface area contributed by atoms with Crippen LogP contribution in [-0.2, 0) is 11.2 Å². The zero-order chi connectivity index (χ0) is 12.8. The van der Waals surface area contributed by atoms with Crippen LogP contribution in [0.5, 0.6) is 0 Å². The van der Waals surface area contributed by atoms with Crippen molar-refractivity contribution in [2.24, 2.45) is 0 Å². The molecule has 0 aromatic heterocycles. The van der Waals surface area contributed by atoms with Crippen molar-refractivity contribution in [1.29, 1.82) is 0 Å². The second-order valence-corrected chi connectivity index (χ2v) is 3.92. The van der Waals surface area contributed by atoms with Gasteiger partial charge >= 0.3 is 0 Å². The molecule has 0 aliphatic heterocycles. The average molecular weight is 279 g/mol. The highest BCUT2D eigenvalue weighted by molar-refractivity contribution is 5.85. The minimum Gasteiger partial charge on any atom is -0.354 e. The van der Waals surface area contributed by atoms with E-state index in [0.29, 0.717) is 12.1 Å². The van der Waals surface area contributed by atoms with Crippen LogP contribution in [0.3, 0.4) is 0 Å². The molecule has 0 spiro atoms. The number of halogens is 3. The zero-order valence-corrected chi connectivity index (χ0v) is 11.1. The van der Waals surface area contributed by atoms with Gasteiger partial charge in [-0.05, 0) is 31.7 Å². The Balaban J connectivity index is 0.00000289. The highest BCUT2D eigenvalue weighted by Gasteiger charge is 2.07. The first-order valence-electron chi connectivity index (χ1n) is 5.41. The Hall–Kier alpha value is -1.20. The van der Waals surface area contributed by atoms with E-state index in [1.807, 2.05) is 6.92 Å². The first-order chi connectivity index (χ1) is 8.02. The van der Waals surface area contributed by atoms with E-state index in [1.165, 1.54) is 6.07 Å². The van der Waals surface area contributed by atoms with Gasteiger partial charge in [-0.1, -0.05) is 6.07 Å². The summed E-state index contributed by atoms with van der Waals surface area (Å²) in [4.78, 5) is 11.5. The van der Waals surface area contributed by atoms with Gasteiger partial charge in [0.05, 0.1) is 6.42 Å². The van der Waals surface area contributed by atoms with E-state index in [-0.39, 0.29) is 30.8 Å². The van der Waals surface area contributed by atoms with E-state index in [9.17, 15) is 13.6 Å². The molecule has 1 aromatic rings. The molecule has 1 unspecified atom stereocenters. The van der Waals surface area contributed by atoms with Crippen LogP contribution >= 0.6 is 12.4 Å². The molecule has 6 heteroatoms. The Morgan fingerprint density at radius 1 is 1.33 bits per heavy atom. The molecular formula is C12H17ClF2N2O. The molecule has 0 saturated heterocycles. The molecular weight excluding hydrogens is 262 g/mol. The maximum absolute atomic E-state index is 12.9. The molecule has 0 bridgehead atoms. The van der Waals surface area contributed by atoms with Gasteiger partial charge in [0.2, 0.25) is 5.91 Å². The largest absolute Gasteiger partial charge is 0.354 e. The standard InChI is InChI=1S/C12H16F2N2O.ClH/c1-8(15-2)7-16-12(17)6-9-3-4-10(13)11(14)5-9;/h3-5,8,15H,6-7H2,1-2H3,(H,16,17);1H. The summed E-state index contributed by atoms with van der Waals surface area (Å²) >= 11 is 0. The molecule has 0 radical (unpaired) electrons. The first-order valence-corrected chi connectivity index (χ1v) is 5.41. The third kappa shape index (κ3) is 5.42. The Morgan fingerprint density at radius 3 is 2.56 bits per heavy atom. The minimum absolute atomic E-state index is 0. The van der Waals surface area contributed by atoms with Gasteiger partial charge in [-0.3, -0.25) is 4.79 Å². The fourth-order valence-electron chi connectivity index (χ4n) is 1.27. The number of benzene rings is 1. The van der Waals surface area contributed by atoms with Crippen molar-refractivity contribution in [1.82, 2.24) is 10.6 Å². The molecule has 0 aliphatic rings. The normalized spacial score (nSPS) is 11.6. The number of likely N-dealkylation sites (N-methyl/N-ethyl adjacent to an activating group) is 1. The van der Waals surface area contributed by atoms with Gasteiger partial charge in [-0.15, -0.1) is 12.4 Å². The zero-order valence-electron chi connectivity index (χ0n) is 10.3. The predicted molar refractivity (Wildman–Crippen MR) is 68.8 cm³/mol. The minimum atomic E-state index is -0.932. The van der Waals surface area contributed by atoms with Crippen molar-refractivity contribution in [2.45, 2.75) is 19.4 Å². The first kappa shape index (κ1) is 16.8. The van der Waals surface area contributed by atoms with Gasteiger partial charge in [0.15, 0.2) is 11.6 Å². The summed E-state index contributed by atoms with van der Waals surface area (Å²) in [5.41, 5.74) is 0.457. The molecule has 2 N–H and O–H groups in total. The van der Waals surface area contributed by atoms with Gasteiger partial charge in [-0.2, -0.15) is 0 Å². The Labute approximate surface area is 111 Å². The van der Waals surface area contributed by atoms with Gasteiger partial charge in [0.25, 0.3) is 0 Å². The summed E-state index contributed by atoms with van der Waals surface area (Å²) in [6.07, 6.45) is 0.0492. The predicted octanol–water partition coefficient (Wildman–Crippen LogP) is 1.65. The highest BCUT2D eigenvalue weighted by Crippen LogP contribution is 2.09. The number of carbonyl (C=O) groups is 1. The topological polar surface area (TPSA) is 41.1 Å². The van der Waals surface area contributed by atoms with Gasteiger partial charge in [-0.25, -0.2) is 8.78 Å². The van der Waals surface area contributed by atoms with Crippen LogP contribution in [0.2, 0.25) is 0 Å². The Morgan fingerprint density at radius 2 is 2.00 bits per heavy atom. The van der Waals surface area contributed by atoms with Crippen LogP contribution < -0.4 is 10.6 Å². The molecule has 18 heavy (non-hydrogen) atoms. The van der Waals surface area contributed by atoms with Crippen LogP contribution in [-0.4, -0.2) is 25.5 Å². The van der Waals surface area contributed by atoms with E-state index >= 15 is 0 Å². The lowest BCUT2D eigenvalue weighted by atomic mass is 10.1. The van der Waals surface area contributed by atoms with Crippen molar-refractivity contribution in [3.05, 3.63) is 35.4 Å². The van der Waals surface area contributed by atoms with Crippen LogP contribution in [0.15, 0.2) is 18.2 Å². The molecule has 1 rings (SSSR count). The van der Waals surface area contributed by atoms with Crippen LogP contribution in [0.25, 0.3) is 0 Å². The maximum atomic E-state index is 12.9. The average Bonchev–Trinajstić information content (AvgIpc) is 2.31. The molecule has 1 atom stereocenters. The Kier molecular flexibility index (Phi) is 7.47. The molecule has 1 amide bonds. The third-order valence-electron chi connectivity index (χ3n) is 2.45. The molecule has 3 nitrogen and oxygen atoms in total. The smallest absolute Gasteiger partial charge is 0.224 e. The lowest BCUT2D eigenvalue weighted by molar-refractivity contribution is -0.120. The molecule has 0 aliphatic carbocycles. The van der Waals surface area contributed by atoms with E-state index in [2.05, 4.69) is 10.6 Å². The summed E-state index contributed by atoms with van der Waals surface area (Å²) in [7, 11) is 1.80. The second kappa shape index (κ2) is 8.00. The van der Waals surface area contributed by atoms with Crippen molar-refractivity contribution >= 4 is 18.3 Å². The van der Waals surface area contributed by atoms with Crippen LogP contribution in [0.4, 0.5) is 8.78 Å². The van der Waals surface area contributed by atoms with Crippen molar-refractivity contribution in [3.63, 3.8) is 0 Å². The number of rotatable bonds is 5. The van der Waals surface area contributed by atoms with Crippen LogP contribution in [0.1, 0.15) is 12.5 Å². The number of nitrogens with one attached hydrogen (secondary N) is 2. The van der Waals surface area contributed by atoms with Crippen LogP contribution in [0, 0.1) is 11.6 Å². The summed E-state index contributed by atoms with van der Waals surface area (Å²) in [5, 5.41) is 5.67. The van der Waals surface area contributed by atoms with Crippen molar-refractivity contribution in [3.8, 4) is 0 Å². The lowest BCUT2D eigenvalue weighted by Crippen LogP contribution is -2.37. The molecule has 0 heterocycles. The summed E-state index contributed by atoms with van der Waals surface area (Å²) in [6, 6.07) is 3.63. The fraction of sp³-hybridized carbons (Fsp3) is 0.417. The van der Waals surface area contributed by atoms with Gasteiger partial charge in [0, 0.05) is 12.6 Å². The third-order valence-corrected chi connectivity index (χ3v) is 2.45. The summed E-state index contributed by atoms with van der Waals surface area (Å²) in [5.74, 6) is -2.05. The quantitative estimate of drug-likeness (QED) is 0.860. The van der Waals surface area contributed by atoms with E-state index in [4.69, 9.17) is 0 Å². The highest BCUT2D eigenvalue weighted by atomic mass is 35.5. The maximum Gasteiger partial charge on any atom is 0.224 e.